The molecular formula is C17H20N4O2. The second kappa shape index (κ2) is 5.79. The quantitative estimate of drug-likeness (QED) is 0.666. The number of aryl methyl sites for hydroxylation is 2. The smallest absolute Gasteiger partial charge is 0.323 e. The van der Waals surface area contributed by atoms with Crippen molar-refractivity contribution in [1.82, 2.24) is 16.0 Å². The van der Waals surface area contributed by atoms with E-state index in [4.69, 9.17) is 5.73 Å². The Morgan fingerprint density at radius 2 is 2.17 bits per heavy atom. The van der Waals surface area contributed by atoms with E-state index in [0.29, 0.717) is 0 Å². The van der Waals surface area contributed by atoms with Crippen molar-refractivity contribution in [2.24, 2.45) is 5.73 Å². The molecule has 23 heavy (non-hydrogen) atoms. The van der Waals surface area contributed by atoms with Gasteiger partial charge in [-0.15, -0.1) is 0 Å². The summed E-state index contributed by atoms with van der Waals surface area (Å²) in [6, 6.07) is 5.69. The number of fused-ring (bicyclic) bond motifs is 1. The highest BCUT2D eigenvalue weighted by atomic mass is 16.2. The molecular weight excluding hydrogens is 292 g/mol. The predicted molar refractivity (Wildman–Crippen MR) is 87.0 cm³/mol. The summed E-state index contributed by atoms with van der Waals surface area (Å²) in [5.41, 5.74) is 9.90. The van der Waals surface area contributed by atoms with Crippen LogP contribution in [0.2, 0.25) is 0 Å². The van der Waals surface area contributed by atoms with Crippen LogP contribution in [0.25, 0.3) is 0 Å². The van der Waals surface area contributed by atoms with Crippen molar-refractivity contribution in [2.75, 3.05) is 0 Å². The number of hydrogen-bond donors (Lipinski definition) is 4. The summed E-state index contributed by atoms with van der Waals surface area (Å²) in [4.78, 5) is 24.0. The fourth-order valence-electron chi connectivity index (χ4n) is 3.07. The van der Waals surface area contributed by atoms with Crippen LogP contribution in [0.5, 0.6) is 0 Å². The molecule has 0 spiro atoms. The first-order valence-electron chi connectivity index (χ1n) is 7.63. The molecule has 0 saturated heterocycles. The van der Waals surface area contributed by atoms with Crippen molar-refractivity contribution >= 4 is 11.9 Å². The molecule has 1 heterocycles. The van der Waals surface area contributed by atoms with Crippen molar-refractivity contribution in [2.45, 2.75) is 32.2 Å². The standard InChI is InChI=1S/C17H20N4O2/c1-9-6-7-12-11(8-9)4-3-5-13(12)20-16(22)15-14(18)10(2)19-17(23)21-15/h6-8,13H,2-5,18H2,1H3,(H,20,22)(H2,19,21,23)/t13-/m1/s1. The van der Waals surface area contributed by atoms with E-state index in [1.807, 2.05) is 6.07 Å². The van der Waals surface area contributed by atoms with Crippen LogP contribution in [0.4, 0.5) is 4.79 Å². The molecule has 0 aromatic heterocycles. The van der Waals surface area contributed by atoms with Gasteiger partial charge in [0.2, 0.25) is 0 Å². The first-order valence-corrected chi connectivity index (χ1v) is 7.63. The Balaban J connectivity index is 1.83. The monoisotopic (exact) mass is 312 g/mol. The van der Waals surface area contributed by atoms with Crippen LogP contribution in [-0.4, -0.2) is 11.9 Å². The summed E-state index contributed by atoms with van der Waals surface area (Å²) in [5, 5.41) is 7.86. The van der Waals surface area contributed by atoms with E-state index in [1.165, 1.54) is 11.1 Å². The van der Waals surface area contributed by atoms with Gasteiger partial charge in [0.15, 0.2) is 0 Å². The Kier molecular flexibility index (Phi) is 3.82. The van der Waals surface area contributed by atoms with Gasteiger partial charge in [0, 0.05) is 0 Å². The van der Waals surface area contributed by atoms with Crippen LogP contribution in [-0.2, 0) is 11.2 Å². The molecule has 0 unspecified atom stereocenters. The molecule has 6 heteroatoms. The molecule has 1 aliphatic heterocycles. The lowest BCUT2D eigenvalue weighted by Gasteiger charge is -2.28. The van der Waals surface area contributed by atoms with Gasteiger partial charge in [0.05, 0.1) is 17.4 Å². The van der Waals surface area contributed by atoms with Gasteiger partial charge in [-0.05, 0) is 37.3 Å². The molecule has 1 aromatic carbocycles. The Morgan fingerprint density at radius 1 is 1.39 bits per heavy atom. The SMILES string of the molecule is C=C1NC(=O)NC(C(=O)N[C@@H]2CCCc3cc(C)ccc32)=C1N. The molecule has 1 atom stereocenters. The topological polar surface area (TPSA) is 96.2 Å². The van der Waals surface area contributed by atoms with E-state index >= 15 is 0 Å². The van der Waals surface area contributed by atoms with Gasteiger partial charge in [-0.2, -0.15) is 0 Å². The van der Waals surface area contributed by atoms with Crippen LogP contribution < -0.4 is 21.7 Å². The highest BCUT2D eigenvalue weighted by Crippen LogP contribution is 2.30. The van der Waals surface area contributed by atoms with Gasteiger partial charge in [-0.1, -0.05) is 30.3 Å². The minimum absolute atomic E-state index is 0.0537. The fourth-order valence-corrected chi connectivity index (χ4v) is 3.07. The number of nitrogens with two attached hydrogens (primary N) is 1. The Labute approximate surface area is 134 Å². The average Bonchev–Trinajstić information content (AvgIpc) is 2.50. The maximum Gasteiger partial charge on any atom is 0.323 e. The molecule has 1 aliphatic carbocycles. The van der Waals surface area contributed by atoms with Gasteiger partial charge in [0.1, 0.15) is 5.70 Å². The van der Waals surface area contributed by atoms with Gasteiger partial charge in [-0.25, -0.2) is 4.79 Å². The molecule has 120 valence electrons. The zero-order valence-electron chi connectivity index (χ0n) is 13.0. The number of nitrogens with one attached hydrogen (secondary N) is 3. The van der Waals surface area contributed by atoms with Gasteiger partial charge in [-0.3, -0.25) is 4.79 Å². The summed E-state index contributed by atoms with van der Waals surface area (Å²) in [7, 11) is 0. The van der Waals surface area contributed by atoms with Crippen molar-refractivity contribution < 1.29 is 9.59 Å². The van der Waals surface area contributed by atoms with Crippen molar-refractivity contribution in [1.29, 1.82) is 0 Å². The molecule has 6 nitrogen and oxygen atoms in total. The molecule has 5 N–H and O–H groups in total. The third kappa shape index (κ3) is 2.92. The zero-order chi connectivity index (χ0) is 16.6. The van der Waals surface area contributed by atoms with Crippen molar-refractivity contribution in [3.8, 4) is 0 Å². The highest BCUT2D eigenvalue weighted by Gasteiger charge is 2.27. The maximum atomic E-state index is 12.5. The largest absolute Gasteiger partial charge is 0.395 e. The predicted octanol–water partition coefficient (Wildman–Crippen LogP) is 1.49. The normalized spacial score (nSPS) is 20.5. The van der Waals surface area contributed by atoms with Crippen molar-refractivity contribution in [3.63, 3.8) is 0 Å². The number of urea groups is 1. The third-order valence-electron chi connectivity index (χ3n) is 4.24. The minimum Gasteiger partial charge on any atom is -0.395 e. The van der Waals surface area contributed by atoms with Crippen LogP contribution in [0.15, 0.2) is 41.9 Å². The van der Waals surface area contributed by atoms with Gasteiger partial charge in [0.25, 0.3) is 5.91 Å². The molecule has 2 aliphatic rings. The lowest BCUT2D eigenvalue weighted by Crippen LogP contribution is -2.47. The first-order chi connectivity index (χ1) is 11.0. The van der Waals surface area contributed by atoms with Crippen LogP contribution in [0.1, 0.15) is 35.6 Å². The third-order valence-corrected chi connectivity index (χ3v) is 4.24. The summed E-state index contributed by atoms with van der Waals surface area (Å²) in [6.45, 7) is 5.70. The summed E-state index contributed by atoms with van der Waals surface area (Å²) in [6.07, 6.45) is 2.89. The highest BCUT2D eigenvalue weighted by molar-refractivity contribution is 6.00. The molecule has 0 bridgehead atoms. The van der Waals surface area contributed by atoms with E-state index in [0.717, 1.165) is 24.8 Å². The van der Waals surface area contributed by atoms with E-state index in [9.17, 15) is 9.59 Å². The Hall–Kier alpha value is -2.76. The summed E-state index contributed by atoms with van der Waals surface area (Å²) in [5.74, 6) is -0.392. The molecule has 3 amide bonds. The average molecular weight is 312 g/mol. The van der Waals surface area contributed by atoms with Crippen molar-refractivity contribution in [3.05, 3.63) is 58.6 Å². The second-order valence-corrected chi connectivity index (χ2v) is 5.97. The first kappa shape index (κ1) is 15.1. The number of hydrogen-bond acceptors (Lipinski definition) is 3. The molecule has 0 saturated carbocycles. The van der Waals surface area contributed by atoms with Crippen LogP contribution >= 0.6 is 0 Å². The van der Waals surface area contributed by atoms with Gasteiger partial charge >= 0.3 is 6.03 Å². The second-order valence-electron chi connectivity index (χ2n) is 5.97. The Bertz CT molecular complexity index is 736. The number of benzene rings is 1. The van der Waals surface area contributed by atoms with Gasteiger partial charge < -0.3 is 21.7 Å². The lowest BCUT2D eigenvalue weighted by molar-refractivity contribution is -0.118. The number of carbonyl (C=O) groups excluding carboxylic acids is 2. The lowest BCUT2D eigenvalue weighted by atomic mass is 9.86. The zero-order valence-corrected chi connectivity index (χ0v) is 13.0. The maximum absolute atomic E-state index is 12.5. The summed E-state index contributed by atoms with van der Waals surface area (Å²) >= 11 is 0. The number of rotatable bonds is 2. The molecule has 3 rings (SSSR count). The van der Waals surface area contributed by atoms with E-state index < -0.39 is 11.9 Å². The van der Waals surface area contributed by atoms with E-state index in [-0.39, 0.29) is 23.1 Å². The van der Waals surface area contributed by atoms with E-state index in [1.54, 1.807) is 0 Å². The molecule has 1 aromatic rings. The number of amides is 3. The van der Waals surface area contributed by atoms with E-state index in [2.05, 4.69) is 41.6 Å². The summed E-state index contributed by atoms with van der Waals surface area (Å²) < 4.78 is 0. The molecule has 0 radical (unpaired) electrons. The number of carbonyl (C=O) groups is 2. The Morgan fingerprint density at radius 3 is 2.96 bits per heavy atom. The van der Waals surface area contributed by atoms with Crippen LogP contribution in [0.3, 0.4) is 0 Å². The fraction of sp³-hybridized carbons (Fsp3) is 0.294. The minimum atomic E-state index is -0.506. The molecule has 0 fully saturated rings. The van der Waals surface area contributed by atoms with Crippen LogP contribution in [0, 0.1) is 6.92 Å².